The fourth-order valence-electron chi connectivity index (χ4n) is 0.649. The van der Waals surface area contributed by atoms with Gasteiger partial charge in [-0.25, -0.2) is 0 Å². The summed E-state index contributed by atoms with van der Waals surface area (Å²) in [6.45, 7) is 4.36. The van der Waals surface area contributed by atoms with E-state index in [4.69, 9.17) is 5.73 Å². The van der Waals surface area contributed by atoms with Crippen LogP contribution in [0.4, 0.5) is 0 Å². The van der Waals surface area contributed by atoms with E-state index in [1.165, 1.54) is 0 Å². The molecule has 0 heterocycles. The van der Waals surface area contributed by atoms with Crippen LogP contribution in [0.15, 0.2) is 0 Å². The van der Waals surface area contributed by atoms with Crippen LogP contribution in [0.3, 0.4) is 0 Å². The maximum absolute atomic E-state index is 10.6. The fourth-order valence-corrected chi connectivity index (χ4v) is 2.60. The Morgan fingerprint density at radius 3 is 2.77 bits per heavy atom. The van der Waals surface area contributed by atoms with Gasteiger partial charge in [0.1, 0.15) is 5.78 Å². The van der Waals surface area contributed by atoms with Gasteiger partial charge in [0.05, 0.1) is 5.75 Å². The van der Waals surface area contributed by atoms with Crippen LogP contribution in [0.1, 0.15) is 13.3 Å². The molecule has 3 N–H and O–H groups in total. The predicted molar refractivity (Wildman–Crippen MR) is 62.1 cm³/mol. The summed E-state index contributed by atoms with van der Waals surface area (Å²) in [5.41, 5.74) is 5.34. The molecule has 0 aliphatic rings. The molecular weight excluding hydrogens is 204 g/mol. The van der Waals surface area contributed by atoms with Crippen LogP contribution in [-0.4, -0.2) is 36.9 Å². The first-order valence-corrected chi connectivity index (χ1v) is 6.91. The van der Waals surface area contributed by atoms with Gasteiger partial charge in [0, 0.05) is 12.3 Å². The van der Waals surface area contributed by atoms with Gasteiger partial charge >= 0.3 is 0 Å². The van der Waals surface area contributed by atoms with Crippen molar-refractivity contribution in [1.29, 1.82) is 0 Å². The topological polar surface area (TPSA) is 55.1 Å². The average Bonchev–Trinajstić information content (AvgIpc) is 2.09. The molecule has 0 rings (SSSR count). The van der Waals surface area contributed by atoms with Crippen LogP contribution in [-0.2, 0) is 4.79 Å². The Kier molecular flexibility index (Phi) is 10.6. The molecule has 0 aliphatic heterocycles. The van der Waals surface area contributed by atoms with E-state index in [1.807, 2.05) is 0 Å². The van der Waals surface area contributed by atoms with E-state index in [-0.39, 0.29) is 5.78 Å². The second kappa shape index (κ2) is 10.4. The third-order valence-electron chi connectivity index (χ3n) is 1.27. The summed E-state index contributed by atoms with van der Waals surface area (Å²) in [6.07, 6.45) is 1.03. The normalized spacial score (nSPS) is 10.3. The van der Waals surface area contributed by atoms with Crippen molar-refractivity contribution in [1.82, 2.24) is 5.32 Å². The van der Waals surface area contributed by atoms with Gasteiger partial charge in [0.2, 0.25) is 0 Å². The van der Waals surface area contributed by atoms with Crippen LogP contribution in [0, 0.1) is 0 Å². The fraction of sp³-hybridized carbons (Fsp3) is 0.875. The molecule has 0 aromatic heterocycles. The average molecular weight is 222 g/mol. The monoisotopic (exact) mass is 222 g/mol. The summed E-state index contributed by atoms with van der Waals surface area (Å²) < 4.78 is 0. The van der Waals surface area contributed by atoms with Crippen molar-refractivity contribution in [3.05, 3.63) is 0 Å². The number of hydrogen-bond acceptors (Lipinski definition) is 5. The quantitative estimate of drug-likeness (QED) is 0.448. The number of ketones is 1. The molecule has 0 aromatic rings. The molecule has 3 nitrogen and oxygen atoms in total. The van der Waals surface area contributed by atoms with Gasteiger partial charge in [-0.1, -0.05) is 21.6 Å². The molecule has 0 atom stereocenters. The van der Waals surface area contributed by atoms with E-state index in [0.717, 1.165) is 31.8 Å². The summed E-state index contributed by atoms with van der Waals surface area (Å²) in [6, 6.07) is 0. The van der Waals surface area contributed by atoms with Crippen molar-refractivity contribution in [3.63, 3.8) is 0 Å². The largest absolute Gasteiger partial charge is 0.330 e. The molecule has 0 spiro atoms. The van der Waals surface area contributed by atoms with Crippen molar-refractivity contribution in [2.75, 3.05) is 31.1 Å². The molecular formula is C8H18N2OS2. The summed E-state index contributed by atoms with van der Waals surface area (Å²) in [7, 11) is 3.37. The molecule has 0 aromatic carbocycles. The maximum atomic E-state index is 10.6. The summed E-state index contributed by atoms with van der Waals surface area (Å²) >= 11 is 0. The molecule has 0 saturated heterocycles. The van der Waals surface area contributed by atoms with Crippen molar-refractivity contribution in [3.8, 4) is 0 Å². The Bertz CT molecular complexity index is 133. The van der Waals surface area contributed by atoms with Gasteiger partial charge < -0.3 is 11.1 Å². The first-order valence-electron chi connectivity index (χ1n) is 4.42. The highest BCUT2D eigenvalue weighted by molar-refractivity contribution is 8.76. The SMILES string of the molecule is CC(=O)CSSCCNCCCN. The molecule has 0 saturated carbocycles. The van der Waals surface area contributed by atoms with E-state index in [2.05, 4.69) is 5.32 Å². The Balaban J connectivity index is 2.87. The van der Waals surface area contributed by atoms with Gasteiger partial charge in [-0.05, 0) is 26.4 Å². The number of carbonyl (C=O) groups is 1. The Morgan fingerprint density at radius 1 is 1.38 bits per heavy atom. The molecule has 0 amide bonds. The molecule has 0 bridgehead atoms. The van der Waals surface area contributed by atoms with E-state index >= 15 is 0 Å². The summed E-state index contributed by atoms with van der Waals surface area (Å²) in [5.74, 6) is 1.91. The zero-order valence-electron chi connectivity index (χ0n) is 8.04. The lowest BCUT2D eigenvalue weighted by atomic mass is 10.4. The number of hydrogen-bond donors (Lipinski definition) is 2. The minimum atomic E-state index is 0.244. The maximum Gasteiger partial charge on any atom is 0.140 e. The van der Waals surface area contributed by atoms with Crippen LogP contribution in [0.5, 0.6) is 0 Å². The number of carbonyl (C=O) groups excluding carboxylic acids is 1. The predicted octanol–water partition coefficient (Wildman–Crippen LogP) is 0.895. The van der Waals surface area contributed by atoms with Gasteiger partial charge in [0.15, 0.2) is 0 Å². The van der Waals surface area contributed by atoms with Gasteiger partial charge in [0.25, 0.3) is 0 Å². The number of Topliss-reactive ketones (excluding diaryl/α,β-unsaturated/α-hetero) is 1. The Hall–Kier alpha value is 0.290. The van der Waals surface area contributed by atoms with Gasteiger partial charge in [-0.3, -0.25) is 4.79 Å². The summed E-state index contributed by atoms with van der Waals surface area (Å²) in [5, 5.41) is 3.28. The third-order valence-corrected chi connectivity index (χ3v) is 3.68. The van der Waals surface area contributed by atoms with E-state index in [9.17, 15) is 4.79 Å². The lowest BCUT2D eigenvalue weighted by molar-refractivity contribution is -0.114. The second-order valence-electron chi connectivity index (χ2n) is 2.68. The number of nitrogens with one attached hydrogen (secondary N) is 1. The zero-order chi connectivity index (χ0) is 9.94. The van der Waals surface area contributed by atoms with Crippen molar-refractivity contribution >= 4 is 27.4 Å². The van der Waals surface area contributed by atoms with E-state index in [1.54, 1.807) is 28.5 Å². The lowest BCUT2D eigenvalue weighted by Gasteiger charge is -2.02. The minimum Gasteiger partial charge on any atom is -0.330 e. The van der Waals surface area contributed by atoms with Crippen LogP contribution in [0.25, 0.3) is 0 Å². The smallest absolute Gasteiger partial charge is 0.140 e. The van der Waals surface area contributed by atoms with Crippen LogP contribution < -0.4 is 11.1 Å². The van der Waals surface area contributed by atoms with Gasteiger partial charge in [-0.15, -0.1) is 0 Å². The zero-order valence-corrected chi connectivity index (χ0v) is 9.68. The lowest BCUT2D eigenvalue weighted by Crippen LogP contribution is -2.20. The first-order chi connectivity index (χ1) is 6.27. The van der Waals surface area contributed by atoms with E-state index < -0.39 is 0 Å². The molecule has 0 radical (unpaired) electrons. The molecule has 13 heavy (non-hydrogen) atoms. The van der Waals surface area contributed by atoms with Crippen molar-refractivity contribution < 1.29 is 4.79 Å². The molecule has 0 aliphatic carbocycles. The van der Waals surface area contributed by atoms with Crippen LogP contribution in [0.2, 0.25) is 0 Å². The van der Waals surface area contributed by atoms with E-state index in [0.29, 0.717) is 5.75 Å². The summed E-state index contributed by atoms with van der Waals surface area (Å²) in [4.78, 5) is 10.6. The highest BCUT2D eigenvalue weighted by atomic mass is 33.1. The first kappa shape index (κ1) is 13.3. The van der Waals surface area contributed by atoms with Gasteiger partial charge in [-0.2, -0.15) is 0 Å². The molecule has 0 unspecified atom stereocenters. The second-order valence-corrected chi connectivity index (χ2v) is 5.26. The molecule has 5 heteroatoms. The minimum absolute atomic E-state index is 0.244. The third kappa shape index (κ3) is 12.3. The molecule has 0 fully saturated rings. The Morgan fingerprint density at radius 2 is 2.15 bits per heavy atom. The van der Waals surface area contributed by atoms with Crippen molar-refractivity contribution in [2.45, 2.75) is 13.3 Å². The highest BCUT2D eigenvalue weighted by Crippen LogP contribution is 2.19. The van der Waals surface area contributed by atoms with Crippen molar-refractivity contribution in [2.24, 2.45) is 5.73 Å². The standard InChI is InChI=1S/C8H18N2OS2/c1-8(11)7-13-12-6-5-10-4-2-3-9/h10H,2-7,9H2,1H3. The van der Waals surface area contributed by atoms with Crippen LogP contribution >= 0.6 is 21.6 Å². The number of nitrogens with two attached hydrogens (primary N) is 1. The molecule has 78 valence electrons. The number of rotatable bonds is 9. The highest BCUT2D eigenvalue weighted by Gasteiger charge is 1.94. The Labute approximate surface area is 88.0 Å².